The summed E-state index contributed by atoms with van der Waals surface area (Å²) in [6.45, 7) is 2.68. The van der Waals surface area contributed by atoms with Crippen molar-refractivity contribution >= 4 is 33.2 Å². The highest BCUT2D eigenvalue weighted by Crippen LogP contribution is 2.21. The predicted molar refractivity (Wildman–Crippen MR) is 113 cm³/mol. The van der Waals surface area contributed by atoms with Crippen LogP contribution in [0.15, 0.2) is 53.4 Å². The number of anilines is 1. The van der Waals surface area contributed by atoms with Gasteiger partial charge in [0.15, 0.2) is 0 Å². The van der Waals surface area contributed by atoms with E-state index in [2.05, 4.69) is 9.62 Å². The van der Waals surface area contributed by atoms with Crippen LogP contribution >= 0.6 is 11.6 Å². The number of piperazine rings is 1. The molecule has 0 atom stereocenters. The van der Waals surface area contributed by atoms with Gasteiger partial charge in [-0.05, 0) is 36.4 Å². The van der Waals surface area contributed by atoms with Crippen LogP contribution < -0.4 is 14.4 Å². The number of sulfonamides is 1. The summed E-state index contributed by atoms with van der Waals surface area (Å²) in [7, 11) is -2.11. The van der Waals surface area contributed by atoms with Crippen LogP contribution in [-0.4, -0.2) is 59.1 Å². The van der Waals surface area contributed by atoms with Gasteiger partial charge in [0.2, 0.25) is 15.9 Å². The maximum absolute atomic E-state index is 12.4. The minimum atomic E-state index is -3.74. The van der Waals surface area contributed by atoms with Gasteiger partial charge in [-0.3, -0.25) is 4.79 Å². The molecule has 29 heavy (non-hydrogen) atoms. The van der Waals surface area contributed by atoms with Crippen LogP contribution in [0.5, 0.6) is 5.75 Å². The average Bonchev–Trinajstić information content (AvgIpc) is 2.74. The molecular weight excluding hydrogens is 414 g/mol. The Hall–Kier alpha value is -2.29. The Morgan fingerprint density at radius 2 is 1.72 bits per heavy atom. The zero-order valence-corrected chi connectivity index (χ0v) is 17.7. The molecule has 0 saturated carbocycles. The summed E-state index contributed by atoms with van der Waals surface area (Å²) in [5.74, 6) is 0.739. The van der Waals surface area contributed by atoms with Crippen LogP contribution in [0, 0.1) is 0 Å². The molecular formula is C20H24ClN3O4S. The van der Waals surface area contributed by atoms with Crippen molar-refractivity contribution in [3.8, 4) is 5.75 Å². The van der Waals surface area contributed by atoms with E-state index < -0.39 is 10.0 Å². The van der Waals surface area contributed by atoms with Crippen LogP contribution in [0.4, 0.5) is 5.69 Å². The van der Waals surface area contributed by atoms with Crippen molar-refractivity contribution in [1.82, 2.24) is 9.62 Å². The molecule has 0 bridgehead atoms. The monoisotopic (exact) mass is 437 g/mol. The van der Waals surface area contributed by atoms with E-state index in [1.54, 1.807) is 24.1 Å². The Balaban J connectivity index is 1.47. The molecule has 2 aromatic rings. The lowest BCUT2D eigenvalue weighted by Crippen LogP contribution is -2.49. The Labute approximate surface area is 176 Å². The van der Waals surface area contributed by atoms with E-state index in [-0.39, 0.29) is 28.8 Å². The van der Waals surface area contributed by atoms with Crippen molar-refractivity contribution in [2.45, 2.75) is 11.3 Å². The van der Waals surface area contributed by atoms with Crippen LogP contribution in [0.3, 0.4) is 0 Å². The summed E-state index contributed by atoms with van der Waals surface area (Å²) in [6.07, 6.45) is 0.103. The number of carbonyl (C=O) groups excluding carboxylic acids is 1. The molecule has 9 heteroatoms. The molecule has 1 fully saturated rings. The molecule has 1 heterocycles. The first-order valence-corrected chi connectivity index (χ1v) is 11.2. The SMILES string of the molecule is COc1ccc(N2CCN(C(=O)CCNS(=O)(=O)c3ccccc3Cl)CC2)cc1. The van der Waals surface area contributed by atoms with Crippen molar-refractivity contribution < 1.29 is 17.9 Å². The quantitative estimate of drug-likeness (QED) is 0.719. The largest absolute Gasteiger partial charge is 0.497 e. The molecule has 1 amide bonds. The van der Waals surface area contributed by atoms with E-state index in [9.17, 15) is 13.2 Å². The second kappa shape index (κ2) is 9.47. The van der Waals surface area contributed by atoms with Crippen molar-refractivity contribution in [3.05, 3.63) is 53.6 Å². The number of carbonyl (C=O) groups is 1. The first kappa shape index (κ1) is 21.4. The molecule has 1 aliphatic heterocycles. The normalized spacial score (nSPS) is 14.7. The summed E-state index contributed by atoms with van der Waals surface area (Å²) in [4.78, 5) is 16.4. The van der Waals surface area contributed by atoms with Crippen LogP contribution in [-0.2, 0) is 14.8 Å². The lowest BCUT2D eigenvalue weighted by Gasteiger charge is -2.36. The number of amides is 1. The van der Waals surface area contributed by atoms with Gasteiger partial charge in [0, 0.05) is 44.8 Å². The third-order valence-electron chi connectivity index (χ3n) is 4.83. The molecule has 0 aromatic heterocycles. The van der Waals surface area contributed by atoms with Gasteiger partial charge >= 0.3 is 0 Å². The Kier molecular flexibility index (Phi) is 7.00. The Morgan fingerprint density at radius 3 is 2.34 bits per heavy atom. The topological polar surface area (TPSA) is 79.0 Å². The molecule has 0 unspecified atom stereocenters. The fourth-order valence-corrected chi connectivity index (χ4v) is 4.75. The summed E-state index contributed by atoms with van der Waals surface area (Å²) in [6, 6.07) is 14.0. The highest BCUT2D eigenvalue weighted by Gasteiger charge is 2.22. The fourth-order valence-electron chi connectivity index (χ4n) is 3.20. The minimum absolute atomic E-state index is 0.0159. The Bertz CT molecular complexity index is 942. The molecule has 156 valence electrons. The van der Waals surface area contributed by atoms with E-state index in [1.807, 2.05) is 24.3 Å². The van der Waals surface area contributed by atoms with Gasteiger partial charge in [-0.15, -0.1) is 0 Å². The standard InChI is InChI=1S/C20H24ClN3O4S/c1-28-17-8-6-16(7-9-17)23-12-14-24(15-13-23)20(25)10-11-22-29(26,27)19-5-3-2-4-18(19)21/h2-9,22H,10-15H2,1H3. The summed E-state index contributed by atoms with van der Waals surface area (Å²) in [5.41, 5.74) is 1.09. The lowest BCUT2D eigenvalue weighted by molar-refractivity contribution is -0.131. The van der Waals surface area contributed by atoms with E-state index in [4.69, 9.17) is 16.3 Å². The van der Waals surface area contributed by atoms with E-state index in [1.165, 1.54) is 12.1 Å². The van der Waals surface area contributed by atoms with Gasteiger partial charge in [0.25, 0.3) is 0 Å². The highest BCUT2D eigenvalue weighted by molar-refractivity contribution is 7.89. The number of nitrogens with one attached hydrogen (secondary N) is 1. The maximum atomic E-state index is 12.4. The third-order valence-corrected chi connectivity index (χ3v) is 6.79. The predicted octanol–water partition coefficient (Wildman–Crippen LogP) is 2.37. The molecule has 2 aromatic carbocycles. The van der Waals surface area contributed by atoms with Gasteiger partial charge in [0.1, 0.15) is 10.6 Å². The second-order valence-corrected chi connectivity index (χ2v) is 8.79. The average molecular weight is 438 g/mol. The van der Waals surface area contributed by atoms with Gasteiger partial charge in [0.05, 0.1) is 12.1 Å². The van der Waals surface area contributed by atoms with Crippen molar-refractivity contribution in [2.24, 2.45) is 0 Å². The van der Waals surface area contributed by atoms with Gasteiger partial charge < -0.3 is 14.5 Å². The van der Waals surface area contributed by atoms with Crippen molar-refractivity contribution in [3.63, 3.8) is 0 Å². The van der Waals surface area contributed by atoms with Crippen LogP contribution in [0.1, 0.15) is 6.42 Å². The van der Waals surface area contributed by atoms with E-state index in [0.717, 1.165) is 24.5 Å². The number of methoxy groups -OCH3 is 1. The van der Waals surface area contributed by atoms with Crippen molar-refractivity contribution in [1.29, 1.82) is 0 Å². The van der Waals surface area contributed by atoms with E-state index in [0.29, 0.717) is 13.1 Å². The number of rotatable bonds is 7. The fraction of sp³-hybridized carbons (Fsp3) is 0.350. The molecule has 0 spiro atoms. The lowest BCUT2D eigenvalue weighted by atomic mass is 10.2. The summed E-state index contributed by atoms with van der Waals surface area (Å²) < 4.78 is 32.3. The van der Waals surface area contributed by atoms with Crippen molar-refractivity contribution in [2.75, 3.05) is 44.7 Å². The van der Waals surface area contributed by atoms with Gasteiger partial charge in [-0.2, -0.15) is 0 Å². The first-order chi connectivity index (χ1) is 13.9. The Morgan fingerprint density at radius 1 is 1.07 bits per heavy atom. The molecule has 7 nitrogen and oxygen atoms in total. The maximum Gasteiger partial charge on any atom is 0.242 e. The highest BCUT2D eigenvalue weighted by atomic mass is 35.5. The number of ether oxygens (including phenoxy) is 1. The number of benzene rings is 2. The van der Waals surface area contributed by atoms with Crippen LogP contribution in [0.2, 0.25) is 5.02 Å². The minimum Gasteiger partial charge on any atom is -0.497 e. The second-order valence-electron chi connectivity index (χ2n) is 6.64. The molecule has 3 rings (SSSR count). The number of nitrogens with zero attached hydrogens (tertiary/aromatic N) is 2. The zero-order chi connectivity index (χ0) is 20.9. The zero-order valence-electron chi connectivity index (χ0n) is 16.2. The van der Waals surface area contributed by atoms with Gasteiger partial charge in [-0.25, -0.2) is 13.1 Å². The third kappa shape index (κ3) is 5.41. The number of hydrogen-bond acceptors (Lipinski definition) is 5. The smallest absolute Gasteiger partial charge is 0.242 e. The van der Waals surface area contributed by atoms with Crippen LogP contribution in [0.25, 0.3) is 0 Å². The first-order valence-electron chi connectivity index (χ1n) is 9.32. The number of halogens is 1. The van der Waals surface area contributed by atoms with Gasteiger partial charge in [-0.1, -0.05) is 23.7 Å². The van der Waals surface area contributed by atoms with E-state index >= 15 is 0 Å². The number of hydrogen-bond donors (Lipinski definition) is 1. The molecule has 1 N–H and O–H groups in total. The summed E-state index contributed by atoms with van der Waals surface area (Å²) >= 11 is 5.95. The molecule has 0 aliphatic carbocycles. The molecule has 1 aliphatic rings. The molecule has 1 saturated heterocycles. The summed E-state index contributed by atoms with van der Waals surface area (Å²) in [5, 5.41) is 0.154. The molecule has 0 radical (unpaired) electrons.